The lowest BCUT2D eigenvalue weighted by atomic mass is 10.0. The minimum atomic E-state index is -0.866. The summed E-state index contributed by atoms with van der Waals surface area (Å²) in [6.07, 6.45) is 3.97. The SMILES string of the molecule is CC(=O)N1CCN(C[C@@]2(O)CCN(C(=O)/C=C/c3ccccc3)C2)CC1. The molecular formula is C20H27N3O3. The summed E-state index contributed by atoms with van der Waals surface area (Å²) in [6.45, 7) is 6.01. The van der Waals surface area contributed by atoms with Crippen molar-refractivity contribution in [2.45, 2.75) is 18.9 Å². The second-order valence-corrected chi connectivity index (χ2v) is 7.26. The van der Waals surface area contributed by atoms with Crippen molar-refractivity contribution in [2.75, 3.05) is 45.8 Å². The van der Waals surface area contributed by atoms with E-state index in [-0.39, 0.29) is 11.8 Å². The number of β-amino-alcohol motifs (C(OH)–C–C–N with tert-alkyl or cyclic N) is 1. The van der Waals surface area contributed by atoms with E-state index in [2.05, 4.69) is 4.90 Å². The molecule has 3 rings (SSSR count). The number of carbonyl (C=O) groups is 2. The van der Waals surface area contributed by atoms with Gasteiger partial charge < -0.3 is 14.9 Å². The number of piperazine rings is 1. The number of carbonyl (C=O) groups excluding carboxylic acids is 2. The molecule has 0 aromatic heterocycles. The summed E-state index contributed by atoms with van der Waals surface area (Å²) in [5, 5.41) is 10.9. The van der Waals surface area contributed by atoms with Crippen LogP contribution in [-0.4, -0.2) is 83.0 Å². The molecule has 0 spiro atoms. The average molecular weight is 357 g/mol. The van der Waals surface area contributed by atoms with Crippen LogP contribution < -0.4 is 0 Å². The standard InChI is InChI=1S/C20H27N3O3/c1-17(24)22-13-11-21(12-14-22)15-20(26)9-10-23(16-20)19(25)8-7-18-5-3-2-4-6-18/h2-8,26H,9-16H2,1H3/b8-7+/t20-/m0/s1. The molecule has 0 unspecified atom stereocenters. The summed E-state index contributed by atoms with van der Waals surface area (Å²) >= 11 is 0. The normalized spacial score (nSPS) is 24.4. The van der Waals surface area contributed by atoms with Gasteiger partial charge in [0.15, 0.2) is 0 Å². The van der Waals surface area contributed by atoms with Crippen LogP contribution >= 0.6 is 0 Å². The van der Waals surface area contributed by atoms with Crippen LogP contribution in [0.2, 0.25) is 0 Å². The third-order valence-corrected chi connectivity index (χ3v) is 5.20. The monoisotopic (exact) mass is 357 g/mol. The van der Waals surface area contributed by atoms with Gasteiger partial charge in [0.1, 0.15) is 0 Å². The van der Waals surface area contributed by atoms with E-state index in [0.717, 1.165) is 18.7 Å². The van der Waals surface area contributed by atoms with Crippen LogP contribution in [-0.2, 0) is 9.59 Å². The van der Waals surface area contributed by atoms with Crippen molar-refractivity contribution in [1.29, 1.82) is 0 Å². The van der Waals surface area contributed by atoms with Gasteiger partial charge in [-0.2, -0.15) is 0 Å². The molecule has 0 radical (unpaired) electrons. The molecule has 2 fully saturated rings. The molecule has 2 heterocycles. The zero-order chi connectivity index (χ0) is 18.6. The summed E-state index contributed by atoms with van der Waals surface area (Å²) in [5.41, 5.74) is 0.118. The van der Waals surface area contributed by atoms with E-state index in [4.69, 9.17) is 0 Å². The van der Waals surface area contributed by atoms with Gasteiger partial charge in [-0.25, -0.2) is 0 Å². The van der Waals surface area contributed by atoms with Crippen molar-refractivity contribution in [2.24, 2.45) is 0 Å². The molecule has 2 aliphatic rings. The molecule has 0 saturated carbocycles. The maximum atomic E-state index is 12.4. The van der Waals surface area contributed by atoms with Crippen molar-refractivity contribution in [3.05, 3.63) is 42.0 Å². The van der Waals surface area contributed by atoms with Crippen LogP contribution in [0.5, 0.6) is 0 Å². The minimum absolute atomic E-state index is 0.0637. The van der Waals surface area contributed by atoms with Crippen molar-refractivity contribution >= 4 is 17.9 Å². The number of aliphatic hydroxyl groups is 1. The molecule has 0 aliphatic carbocycles. The molecular weight excluding hydrogens is 330 g/mol. The van der Waals surface area contributed by atoms with E-state index in [1.807, 2.05) is 35.2 Å². The molecule has 6 heteroatoms. The highest BCUT2D eigenvalue weighted by atomic mass is 16.3. The highest BCUT2D eigenvalue weighted by Gasteiger charge is 2.39. The first kappa shape index (κ1) is 18.6. The molecule has 2 amide bonds. The van der Waals surface area contributed by atoms with Gasteiger partial charge in [0.25, 0.3) is 0 Å². The molecule has 0 bridgehead atoms. The van der Waals surface area contributed by atoms with Crippen molar-refractivity contribution in [3.8, 4) is 0 Å². The Morgan fingerprint density at radius 2 is 1.77 bits per heavy atom. The molecule has 6 nitrogen and oxygen atoms in total. The predicted molar refractivity (Wildman–Crippen MR) is 100 cm³/mol. The molecule has 26 heavy (non-hydrogen) atoms. The summed E-state index contributed by atoms with van der Waals surface area (Å²) in [7, 11) is 0. The molecule has 1 aromatic rings. The van der Waals surface area contributed by atoms with Crippen LogP contribution in [0.1, 0.15) is 18.9 Å². The topological polar surface area (TPSA) is 64.1 Å². The van der Waals surface area contributed by atoms with Gasteiger partial charge >= 0.3 is 0 Å². The third kappa shape index (κ3) is 4.71. The van der Waals surface area contributed by atoms with Gasteiger partial charge in [0.2, 0.25) is 11.8 Å². The number of amides is 2. The number of hydrogen-bond acceptors (Lipinski definition) is 4. The molecule has 140 valence electrons. The number of hydrogen-bond donors (Lipinski definition) is 1. The van der Waals surface area contributed by atoms with Crippen molar-refractivity contribution in [3.63, 3.8) is 0 Å². The first-order chi connectivity index (χ1) is 12.5. The first-order valence-corrected chi connectivity index (χ1v) is 9.17. The summed E-state index contributed by atoms with van der Waals surface area (Å²) in [5.74, 6) is 0.0392. The quantitative estimate of drug-likeness (QED) is 0.811. The van der Waals surface area contributed by atoms with Crippen LogP contribution in [0.4, 0.5) is 0 Å². The Balaban J connectivity index is 1.50. The van der Waals surface area contributed by atoms with Gasteiger partial charge in [0.05, 0.1) is 12.1 Å². The number of rotatable bonds is 4. The minimum Gasteiger partial charge on any atom is -0.387 e. The lowest BCUT2D eigenvalue weighted by Crippen LogP contribution is -2.53. The summed E-state index contributed by atoms with van der Waals surface area (Å²) in [6, 6.07) is 9.71. The molecule has 2 saturated heterocycles. The lowest BCUT2D eigenvalue weighted by molar-refractivity contribution is -0.131. The van der Waals surface area contributed by atoms with Crippen LogP contribution in [0.15, 0.2) is 36.4 Å². The summed E-state index contributed by atoms with van der Waals surface area (Å²) in [4.78, 5) is 29.5. The van der Waals surface area contributed by atoms with Gasteiger partial charge in [-0.3, -0.25) is 14.5 Å². The van der Waals surface area contributed by atoms with Gasteiger partial charge in [-0.1, -0.05) is 30.3 Å². The Morgan fingerprint density at radius 1 is 1.08 bits per heavy atom. The fraction of sp³-hybridized carbons (Fsp3) is 0.500. The Labute approximate surface area is 154 Å². The van der Waals surface area contributed by atoms with E-state index >= 15 is 0 Å². The van der Waals surface area contributed by atoms with Gasteiger partial charge in [-0.05, 0) is 18.1 Å². The Morgan fingerprint density at radius 3 is 2.42 bits per heavy atom. The lowest BCUT2D eigenvalue weighted by Gasteiger charge is -2.37. The van der Waals surface area contributed by atoms with Crippen LogP contribution in [0, 0.1) is 0 Å². The largest absolute Gasteiger partial charge is 0.387 e. The van der Waals surface area contributed by atoms with Gasteiger partial charge in [0, 0.05) is 52.3 Å². The van der Waals surface area contributed by atoms with E-state index in [9.17, 15) is 14.7 Å². The van der Waals surface area contributed by atoms with Crippen molar-refractivity contribution < 1.29 is 14.7 Å². The van der Waals surface area contributed by atoms with Crippen molar-refractivity contribution in [1.82, 2.24) is 14.7 Å². The third-order valence-electron chi connectivity index (χ3n) is 5.20. The van der Waals surface area contributed by atoms with Crippen LogP contribution in [0.3, 0.4) is 0 Å². The fourth-order valence-electron chi connectivity index (χ4n) is 3.65. The molecule has 1 aromatic carbocycles. The predicted octanol–water partition coefficient (Wildman–Crippen LogP) is 0.827. The number of nitrogens with zero attached hydrogens (tertiary/aromatic N) is 3. The highest BCUT2D eigenvalue weighted by molar-refractivity contribution is 5.92. The number of likely N-dealkylation sites (tertiary alicyclic amines) is 1. The fourth-order valence-corrected chi connectivity index (χ4v) is 3.65. The maximum Gasteiger partial charge on any atom is 0.246 e. The van der Waals surface area contributed by atoms with E-state index in [1.54, 1.807) is 24.0 Å². The van der Waals surface area contributed by atoms with E-state index in [1.165, 1.54) is 0 Å². The van der Waals surface area contributed by atoms with Gasteiger partial charge in [-0.15, -0.1) is 0 Å². The smallest absolute Gasteiger partial charge is 0.246 e. The van der Waals surface area contributed by atoms with E-state index in [0.29, 0.717) is 39.1 Å². The average Bonchev–Trinajstić information content (AvgIpc) is 3.03. The first-order valence-electron chi connectivity index (χ1n) is 9.17. The number of benzene rings is 1. The second kappa shape index (κ2) is 8.01. The molecule has 1 N–H and O–H groups in total. The zero-order valence-electron chi connectivity index (χ0n) is 15.3. The van der Waals surface area contributed by atoms with Crippen LogP contribution in [0.25, 0.3) is 6.08 Å². The Hall–Kier alpha value is -2.18. The van der Waals surface area contributed by atoms with E-state index < -0.39 is 5.60 Å². The molecule has 1 atom stereocenters. The molecule has 2 aliphatic heterocycles. The Bertz CT molecular complexity index is 668. The highest BCUT2D eigenvalue weighted by Crippen LogP contribution is 2.23. The Kier molecular flexibility index (Phi) is 5.74. The second-order valence-electron chi connectivity index (χ2n) is 7.26. The summed E-state index contributed by atoms with van der Waals surface area (Å²) < 4.78 is 0. The maximum absolute atomic E-state index is 12.4. The zero-order valence-corrected chi connectivity index (χ0v) is 15.3.